The van der Waals surface area contributed by atoms with Gasteiger partial charge in [-0.25, -0.2) is 13.2 Å². The Balaban J connectivity index is 1.96. The van der Waals surface area contributed by atoms with Crippen LogP contribution < -0.4 is 14.2 Å². The average molecular weight is 555 g/mol. The lowest BCUT2D eigenvalue weighted by Crippen LogP contribution is -2.32. The molecular formula is C27H26N2O9S. The Bertz CT molecular complexity index is 1470. The van der Waals surface area contributed by atoms with E-state index in [0.29, 0.717) is 16.9 Å². The van der Waals surface area contributed by atoms with E-state index in [9.17, 15) is 23.3 Å². The number of nitro benzene ring substituents is 1. The molecular weight excluding hydrogens is 528 g/mol. The number of hydrogen-bond donors (Lipinski definition) is 0. The van der Waals surface area contributed by atoms with E-state index in [1.807, 2.05) is 0 Å². The summed E-state index contributed by atoms with van der Waals surface area (Å²) < 4.78 is 49.6. The SMILES string of the molecule is COc1cc(OC)c(CN(CC#CCOC(=O)c2ccccc2)S(=O)(=O)c2ccccc2[N+](=O)[O-])c(OC)c1. The molecule has 0 unspecified atom stereocenters. The molecule has 204 valence electrons. The van der Waals surface area contributed by atoms with Crippen LogP contribution in [0.3, 0.4) is 0 Å². The highest BCUT2D eigenvalue weighted by Gasteiger charge is 2.32. The van der Waals surface area contributed by atoms with Gasteiger partial charge in [0.15, 0.2) is 11.5 Å². The third-order valence-electron chi connectivity index (χ3n) is 5.50. The second kappa shape index (κ2) is 13.3. The van der Waals surface area contributed by atoms with E-state index in [1.54, 1.807) is 42.5 Å². The molecule has 0 saturated carbocycles. The van der Waals surface area contributed by atoms with Crippen LogP contribution in [0.5, 0.6) is 17.2 Å². The largest absolute Gasteiger partial charge is 0.496 e. The van der Waals surface area contributed by atoms with Gasteiger partial charge in [0.25, 0.3) is 15.7 Å². The molecule has 11 nitrogen and oxygen atoms in total. The van der Waals surface area contributed by atoms with Gasteiger partial charge >= 0.3 is 5.97 Å². The summed E-state index contributed by atoms with van der Waals surface area (Å²) in [7, 11) is -0.186. The number of para-hydroxylation sites is 1. The highest BCUT2D eigenvalue weighted by atomic mass is 32.2. The van der Waals surface area contributed by atoms with Crippen LogP contribution in [-0.4, -0.2) is 58.1 Å². The number of sulfonamides is 1. The Morgan fingerprint density at radius 1 is 0.923 bits per heavy atom. The van der Waals surface area contributed by atoms with Gasteiger partial charge in [-0.2, -0.15) is 4.31 Å². The minimum atomic E-state index is -4.45. The summed E-state index contributed by atoms with van der Waals surface area (Å²) in [6.45, 7) is -0.971. The molecule has 0 aliphatic carbocycles. The van der Waals surface area contributed by atoms with Crippen molar-refractivity contribution in [3.63, 3.8) is 0 Å². The molecule has 3 aromatic rings. The van der Waals surface area contributed by atoms with E-state index in [2.05, 4.69) is 11.8 Å². The minimum Gasteiger partial charge on any atom is -0.496 e. The molecule has 0 amide bonds. The number of methoxy groups -OCH3 is 3. The zero-order valence-electron chi connectivity index (χ0n) is 21.4. The maximum absolute atomic E-state index is 13.7. The summed E-state index contributed by atoms with van der Waals surface area (Å²) in [5.41, 5.74) is 0.111. The summed E-state index contributed by atoms with van der Waals surface area (Å²) in [6.07, 6.45) is 0. The van der Waals surface area contributed by atoms with Crippen LogP contribution >= 0.6 is 0 Å². The van der Waals surface area contributed by atoms with Gasteiger partial charge in [0.05, 0.1) is 43.9 Å². The Hall–Kier alpha value is -4.60. The van der Waals surface area contributed by atoms with Crippen molar-refractivity contribution in [1.82, 2.24) is 4.31 Å². The van der Waals surface area contributed by atoms with Crippen LogP contribution in [0.15, 0.2) is 71.6 Å². The lowest BCUT2D eigenvalue weighted by Gasteiger charge is -2.23. The fourth-order valence-corrected chi connectivity index (χ4v) is 5.02. The van der Waals surface area contributed by atoms with Crippen LogP contribution in [0, 0.1) is 22.0 Å². The monoisotopic (exact) mass is 554 g/mol. The van der Waals surface area contributed by atoms with Gasteiger partial charge in [-0.05, 0) is 18.2 Å². The van der Waals surface area contributed by atoms with Gasteiger partial charge in [0.1, 0.15) is 17.2 Å². The van der Waals surface area contributed by atoms with Crippen molar-refractivity contribution >= 4 is 21.7 Å². The van der Waals surface area contributed by atoms with Crippen molar-refractivity contribution in [2.75, 3.05) is 34.5 Å². The van der Waals surface area contributed by atoms with Gasteiger partial charge in [-0.1, -0.05) is 42.2 Å². The van der Waals surface area contributed by atoms with Gasteiger partial charge in [-0.3, -0.25) is 10.1 Å². The van der Waals surface area contributed by atoms with E-state index in [0.717, 1.165) is 16.4 Å². The van der Waals surface area contributed by atoms with E-state index in [-0.39, 0.29) is 31.2 Å². The van der Waals surface area contributed by atoms with Gasteiger partial charge in [0, 0.05) is 24.7 Å². The lowest BCUT2D eigenvalue weighted by atomic mass is 10.1. The molecule has 0 atom stereocenters. The topological polar surface area (TPSA) is 135 Å². The minimum absolute atomic E-state index is 0.277. The molecule has 0 saturated heterocycles. The van der Waals surface area contributed by atoms with Gasteiger partial charge in [-0.15, -0.1) is 0 Å². The van der Waals surface area contributed by atoms with Crippen molar-refractivity contribution in [3.8, 4) is 29.1 Å². The standard InChI is InChI=1S/C27H26N2O9S/c1-35-21-17-24(36-2)22(25(18-21)37-3)19-28(39(33,34)26-14-8-7-13-23(26)29(31)32)15-9-10-16-38-27(30)20-11-5-4-6-12-20/h4-8,11-14,17-18H,15-16,19H2,1-3H3. The number of nitro groups is 1. The highest BCUT2D eigenvalue weighted by molar-refractivity contribution is 7.89. The summed E-state index contributed by atoms with van der Waals surface area (Å²) in [5.74, 6) is 5.69. The number of rotatable bonds is 11. The number of hydrogen-bond acceptors (Lipinski definition) is 9. The predicted molar refractivity (Wildman–Crippen MR) is 141 cm³/mol. The molecule has 0 heterocycles. The Morgan fingerprint density at radius 2 is 1.54 bits per heavy atom. The van der Waals surface area contributed by atoms with Gasteiger partial charge in [0.2, 0.25) is 0 Å². The van der Waals surface area contributed by atoms with Crippen LogP contribution in [0.2, 0.25) is 0 Å². The second-order valence-electron chi connectivity index (χ2n) is 7.80. The first-order valence-corrected chi connectivity index (χ1v) is 12.9. The summed E-state index contributed by atoms with van der Waals surface area (Å²) in [6, 6.07) is 16.5. The first kappa shape index (κ1) is 29.0. The number of ether oxygens (including phenoxy) is 4. The zero-order valence-corrected chi connectivity index (χ0v) is 22.3. The quantitative estimate of drug-likeness (QED) is 0.151. The molecule has 0 aliphatic heterocycles. The molecule has 0 aliphatic rings. The lowest BCUT2D eigenvalue weighted by molar-refractivity contribution is -0.387. The maximum atomic E-state index is 13.7. The fourth-order valence-electron chi connectivity index (χ4n) is 3.56. The smallest absolute Gasteiger partial charge is 0.339 e. The molecule has 0 N–H and O–H groups in total. The van der Waals surface area contributed by atoms with E-state index in [4.69, 9.17) is 18.9 Å². The van der Waals surface area contributed by atoms with Crippen LogP contribution in [0.4, 0.5) is 5.69 Å². The summed E-state index contributed by atoms with van der Waals surface area (Å²) in [4.78, 5) is 22.4. The van der Waals surface area contributed by atoms with Crippen molar-refractivity contribution < 1.29 is 37.1 Å². The third kappa shape index (κ3) is 7.04. The van der Waals surface area contributed by atoms with Crippen LogP contribution in [0.25, 0.3) is 0 Å². The normalized spacial score (nSPS) is 10.8. The average Bonchev–Trinajstić information content (AvgIpc) is 2.96. The van der Waals surface area contributed by atoms with E-state index < -0.39 is 31.5 Å². The molecule has 3 rings (SSSR count). The number of benzene rings is 3. The molecule has 0 spiro atoms. The summed E-state index contributed by atoms with van der Waals surface area (Å²) >= 11 is 0. The molecule has 0 fully saturated rings. The highest BCUT2D eigenvalue weighted by Crippen LogP contribution is 2.36. The number of carbonyl (C=O) groups excluding carboxylic acids is 1. The molecule has 3 aromatic carbocycles. The van der Waals surface area contributed by atoms with Crippen molar-refractivity contribution in [3.05, 3.63) is 88.0 Å². The Labute approximate surface area is 226 Å². The Kier molecular flexibility index (Phi) is 9.86. The van der Waals surface area contributed by atoms with Crippen molar-refractivity contribution in [2.45, 2.75) is 11.4 Å². The molecule has 0 bridgehead atoms. The molecule has 0 radical (unpaired) electrons. The second-order valence-corrected chi connectivity index (χ2v) is 9.71. The van der Waals surface area contributed by atoms with Crippen molar-refractivity contribution in [1.29, 1.82) is 0 Å². The molecule has 39 heavy (non-hydrogen) atoms. The molecule has 0 aromatic heterocycles. The number of carbonyl (C=O) groups is 1. The first-order chi connectivity index (χ1) is 18.7. The van der Waals surface area contributed by atoms with Gasteiger partial charge < -0.3 is 18.9 Å². The number of nitrogens with zero attached hydrogens (tertiary/aromatic N) is 2. The zero-order chi connectivity index (χ0) is 28.4. The van der Waals surface area contributed by atoms with Crippen molar-refractivity contribution in [2.24, 2.45) is 0 Å². The van der Waals surface area contributed by atoms with Crippen LogP contribution in [-0.2, 0) is 21.3 Å². The first-order valence-electron chi connectivity index (χ1n) is 11.4. The Morgan fingerprint density at radius 3 is 2.13 bits per heavy atom. The predicted octanol–water partition coefficient (Wildman–Crippen LogP) is 3.67. The van der Waals surface area contributed by atoms with E-state index >= 15 is 0 Å². The fraction of sp³-hybridized carbons (Fsp3) is 0.222. The van der Waals surface area contributed by atoms with E-state index in [1.165, 1.54) is 33.5 Å². The molecule has 12 heteroatoms. The summed E-state index contributed by atoms with van der Waals surface area (Å²) in [5, 5.41) is 11.6. The number of esters is 1. The van der Waals surface area contributed by atoms with Crippen LogP contribution in [0.1, 0.15) is 15.9 Å². The third-order valence-corrected chi connectivity index (χ3v) is 7.34. The maximum Gasteiger partial charge on any atom is 0.339 e.